The van der Waals surface area contributed by atoms with E-state index in [2.05, 4.69) is 10.0 Å². The molecule has 0 aliphatic heterocycles. The van der Waals surface area contributed by atoms with Crippen LogP contribution in [-0.2, 0) is 14.8 Å². The van der Waals surface area contributed by atoms with Gasteiger partial charge in [0.25, 0.3) is 10.0 Å². The highest BCUT2D eigenvalue weighted by atomic mass is 32.2. The van der Waals surface area contributed by atoms with Crippen LogP contribution in [0.15, 0.2) is 16.3 Å². The predicted molar refractivity (Wildman–Crippen MR) is 81.2 cm³/mol. The minimum Gasteiger partial charge on any atom is -0.389 e. The number of hydrogen-bond donors (Lipinski definition) is 3. The number of nitrogens with two attached hydrogens (primary N) is 1. The van der Waals surface area contributed by atoms with Gasteiger partial charge in [-0.15, -0.1) is 11.3 Å². The Hall–Kier alpha value is -1.03. The fourth-order valence-corrected chi connectivity index (χ4v) is 4.07. The normalized spacial score (nSPS) is 16.6. The zero-order chi connectivity index (χ0) is 14.9. The largest absolute Gasteiger partial charge is 0.389 e. The lowest BCUT2D eigenvalue weighted by molar-refractivity contribution is -0.122. The molecular weight excluding hydrogens is 318 g/mol. The van der Waals surface area contributed by atoms with Gasteiger partial charge in [0, 0.05) is 6.04 Å². The highest BCUT2D eigenvalue weighted by Gasteiger charge is 2.28. The highest BCUT2D eigenvalue weighted by molar-refractivity contribution is 7.91. The molecule has 0 radical (unpaired) electrons. The lowest BCUT2D eigenvalue weighted by Gasteiger charge is -2.13. The van der Waals surface area contributed by atoms with Crippen LogP contribution in [0.3, 0.4) is 0 Å². The zero-order valence-corrected chi connectivity index (χ0v) is 13.2. The van der Waals surface area contributed by atoms with Crippen molar-refractivity contribution >= 4 is 44.5 Å². The number of carbonyl (C=O) groups is 1. The van der Waals surface area contributed by atoms with E-state index >= 15 is 0 Å². The first-order valence-corrected chi connectivity index (χ1v) is 8.73. The van der Waals surface area contributed by atoms with E-state index in [-0.39, 0.29) is 21.1 Å². The second-order valence-corrected chi connectivity index (χ2v) is 8.07. The van der Waals surface area contributed by atoms with Crippen molar-refractivity contribution < 1.29 is 13.2 Å². The molecule has 1 unspecified atom stereocenters. The Morgan fingerprint density at radius 2 is 2.15 bits per heavy atom. The number of sulfonamides is 1. The van der Waals surface area contributed by atoms with E-state index in [9.17, 15) is 13.2 Å². The van der Waals surface area contributed by atoms with E-state index in [0.29, 0.717) is 4.88 Å². The Bertz CT molecular complexity index is 634. The molecule has 9 heteroatoms. The summed E-state index contributed by atoms with van der Waals surface area (Å²) in [7, 11) is -3.74. The number of nitrogens with one attached hydrogen (secondary N) is 2. The number of rotatable bonds is 6. The van der Waals surface area contributed by atoms with Crippen molar-refractivity contribution in [3.05, 3.63) is 17.0 Å². The Balaban J connectivity index is 2.05. The van der Waals surface area contributed by atoms with Crippen LogP contribution in [0.1, 0.15) is 24.6 Å². The van der Waals surface area contributed by atoms with Crippen LogP contribution in [-0.4, -0.2) is 31.4 Å². The number of amides is 1. The minimum atomic E-state index is -3.74. The second kappa shape index (κ2) is 5.76. The summed E-state index contributed by atoms with van der Waals surface area (Å²) in [6.45, 7) is 1.51. The first-order chi connectivity index (χ1) is 9.29. The van der Waals surface area contributed by atoms with Crippen LogP contribution in [0.25, 0.3) is 0 Å². The SMILES string of the molecule is CC(NS(=O)(=O)c1ccc(C(N)=S)s1)C(=O)NC1CC1. The molecule has 0 spiro atoms. The molecule has 4 N–H and O–H groups in total. The third kappa shape index (κ3) is 3.75. The van der Waals surface area contributed by atoms with Crippen LogP contribution in [0, 0.1) is 0 Å². The summed E-state index contributed by atoms with van der Waals surface area (Å²) in [5, 5.41) is 2.75. The van der Waals surface area contributed by atoms with Gasteiger partial charge in [0.05, 0.1) is 10.9 Å². The lowest BCUT2D eigenvalue weighted by atomic mass is 10.3. The average Bonchev–Trinajstić information content (AvgIpc) is 3.00. The summed E-state index contributed by atoms with van der Waals surface area (Å²) in [4.78, 5) is 12.4. The predicted octanol–water partition coefficient (Wildman–Crippen LogP) is 0.328. The molecule has 1 heterocycles. The Morgan fingerprint density at radius 1 is 1.50 bits per heavy atom. The molecule has 1 amide bonds. The van der Waals surface area contributed by atoms with Crippen molar-refractivity contribution in [2.75, 3.05) is 0 Å². The summed E-state index contributed by atoms with van der Waals surface area (Å²) < 4.78 is 26.7. The molecule has 6 nitrogen and oxygen atoms in total. The molecule has 20 heavy (non-hydrogen) atoms. The van der Waals surface area contributed by atoms with E-state index in [1.54, 1.807) is 6.07 Å². The third-order valence-corrected chi connectivity index (χ3v) is 6.24. The Morgan fingerprint density at radius 3 is 2.65 bits per heavy atom. The van der Waals surface area contributed by atoms with E-state index in [1.165, 1.54) is 13.0 Å². The average molecular weight is 333 g/mol. The molecule has 1 aromatic heterocycles. The Labute approximate surface area is 126 Å². The van der Waals surface area contributed by atoms with Crippen molar-refractivity contribution in [3.8, 4) is 0 Å². The summed E-state index contributed by atoms with van der Waals surface area (Å²) in [6.07, 6.45) is 1.90. The molecule has 1 atom stereocenters. The molecule has 0 aromatic carbocycles. The molecule has 110 valence electrons. The summed E-state index contributed by atoms with van der Waals surface area (Å²) in [5.74, 6) is -0.317. The molecule has 0 saturated heterocycles. The van der Waals surface area contributed by atoms with Crippen LogP contribution >= 0.6 is 23.6 Å². The quantitative estimate of drug-likeness (QED) is 0.651. The monoisotopic (exact) mass is 333 g/mol. The van der Waals surface area contributed by atoms with E-state index in [1.807, 2.05) is 0 Å². The molecule has 1 saturated carbocycles. The van der Waals surface area contributed by atoms with Gasteiger partial charge < -0.3 is 11.1 Å². The van der Waals surface area contributed by atoms with Gasteiger partial charge in [-0.05, 0) is 31.9 Å². The number of carbonyl (C=O) groups excluding carboxylic acids is 1. The first-order valence-electron chi connectivity index (χ1n) is 6.02. The van der Waals surface area contributed by atoms with Crippen LogP contribution < -0.4 is 15.8 Å². The maximum absolute atomic E-state index is 12.1. The second-order valence-electron chi connectivity index (χ2n) is 4.61. The highest BCUT2D eigenvalue weighted by Crippen LogP contribution is 2.22. The zero-order valence-electron chi connectivity index (χ0n) is 10.8. The van der Waals surface area contributed by atoms with Gasteiger partial charge in [-0.1, -0.05) is 12.2 Å². The standard InChI is InChI=1S/C11H15N3O3S3/c1-6(11(15)13-7-2-3-7)14-20(16,17)9-5-4-8(19-9)10(12)18/h4-7,14H,2-3H2,1H3,(H2,12,18)(H,13,15). The van der Waals surface area contributed by atoms with Crippen molar-refractivity contribution in [2.24, 2.45) is 5.73 Å². The summed E-state index contributed by atoms with van der Waals surface area (Å²) in [6, 6.07) is 2.34. The van der Waals surface area contributed by atoms with Gasteiger partial charge in [0.1, 0.15) is 9.20 Å². The minimum absolute atomic E-state index is 0.0892. The van der Waals surface area contributed by atoms with Crippen molar-refractivity contribution in [1.82, 2.24) is 10.0 Å². The molecule has 0 bridgehead atoms. The molecule has 1 aliphatic rings. The fourth-order valence-electron chi connectivity index (χ4n) is 1.50. The number of thiocarbonyl (C=S) groups is 1. The smallest absolute Gasteiger partial charge is 0.250 e. The Kier molecular flexibility index (Phi) is 4.43. The summed E-state index contributed by atoms with van der Waals surface area (Å²) in [5.41, 5.74) is 5.44. The maximum atomic E-state index is 12.1. The summed E-state index contributed by atoms with van der Waals surface area (Å²) >= 11 is 5.77. The molecule has 1 aromatic rings. The van der Waals surface area contributed by atoms with Gasteiger partial charge in [-0.2, -0.15) is 4.72 Å². The molecule has 1 aliphatic carbocycles. The van der Waals surface area contributed by atoms with Crippen LogP contribution in [0.2, 0.25) is 0 Å². The van der Waals surface area contributed by atoms with Gasteiger partial charge in [-0.25, -0.2) is 8.42 Å². The van der Waals surface area contributed by atoms with Gasteiger partial charge in [0.2, 0.25) is 5.91 Å². The fraction of sp³-hybridized carbons (Fsp3) is 0.455. The number of thiophene rings is 1. The van der Waals surface area contributed by atoms with Gasteiger partial charge >= 0.3 is 0 Å². The van der Waals surface area contributed by atoms with Crippen molar-refractivity contribution in [3.63, 3.8) is 0 Å². The van der Waals surface area contributed by atoms with Gasteiger partial charge in [0.15, 0.2) is 0 Å². The third-order valence-electron chi connectivity index (χ3n) is 2.74. The van der Waals surface area contributed by atoms with Crippen molar-refractivity contribution in [1.29, 1.82) is 0 Å². The van der Waals surface area contributed by atoms with Crippen LogP contribution in [0.4, 0.5) is 0 Å². The van der Waals surface area contributed by atoms with E-state index in [4.69, 9.17) is 18.0 Å². The van der Waals surface area contributed by atoms with Crippen LogP contribution in [0.5, 0.6) is 0 Å². The van der Waals surface area contributed by atoms with Crippen molar-refractivity contribution in [2.45, 2.75) is 36.1 Å². The maximum Gasteiger partial charge on any atom is 0.250 e. The topological polar surface area (TPSA) is 101 Å². The number of hydrogen-bond acceptors (Lipinski definition) is 5. The molecule has 2 rings (SSSR count). The first kappa shape index (κ1) is 15.4. The molecule has 1 fully saturated rings. The molecular formula is C11H15N3O3S3. The van der Waals surface area contributed by atoms with E-state index < -0.39 is 16.1 Å². The van der Waals surface area contributed by atoms with E-state index in [0.717, 1.165) is 24.2 Å². The van der Waals surface area contributed by atoms with Gasteiger partial charge in [-0.3, -0.25) is 4.79 Å². The lowest BCUT2D eigenvalue weighted by Crippen LogP contribution is -2.45.